The molecule has 2 N–H and O–H groups in total. The predicted molar refractivity (Wildman–Crippen MR) is 91.6 cm³/mol. The third kappa shape index (κ3) is 7.52. The first kappa shape index (κ1) is 19.5. The zero-order valence-electron chi connectivity index (χ0n) is 14.1. The summed E-state index contributed by atoms with van der Waals surface area (Å²) < 4.78 is 5.19. The van der Waals surface area contributed by atoms with Crippen LogP contribution in [-0.4, -0.2) is 41.0 Å². The van der Waals surface area contributed by atoms with Crippen molar-refractivity contribution in [1.82, 2.24) is 5.32 Å². The molecule has 0 aliphatic rings. The van der Waals surface area contributed by atoms with Crippen LogP contribution in [0.5, 0.6) is 0 Å². The van der Waals surface area contributed by atoms with Gasteiger partial charge in [0.2, 0.25) is 0 Å². The summed E-state index contributed by atoms with van der Waals surface area (Å²) in [4.78, 5) is 25.0. The van der Waals surface area contributed by atoms with Crippen molar-refractivity contribution in [2.45, 2.75) is 50.7 Å². The third-order valence-electron chi connectivity index (χ3n) is 2.81. The minimum atomic E-state index is -0.847. The standard InChI is InChI=1S/C17H25NO4S/c1-12(15(20)18-17(2,3)4)22-16(21)13-6-8-14(9-7-13)23-11-5-10-19/h6-9,12,19H,5,10-11H2,1-4H3,(H,18,20)/t12-/m1/s1. The fraction of sp³-hybridized carbons (Fsp3) is 0.529. The van der Waals surface area contributed by atoms with Crippen molar-refractivity contribution in [3.8, 4) is 0 Å². The lowest BCUT2D eigenvalue weighted by atomic mass is 10.1. The molecule has 1 amide bonds. The average molecular weight is 339 g/mol. The molecule has 1 aromatic rings. The summed E-state index contributed by atoms with van der Waals surface area (Å²) in [6.07, 6.45) is -0.116. The van der Waals surface area contributed by atoms with E-state index in [4.69, 9.17) is 9.84 Å². The molecular weight excluding hydrogens is 314 g/mol. The highest BCUT2D eigenvalue weighted by molar-refractivity contribution is 7.99. The number of benzene rings is 1. The van der Waals surface area contributed by atoms with Gasteiger partial charge in [-0.25, -0.2) is 4.79 Å². The Morgan fingerprint density at radius 1 is 1.26 bits per heavy atom. The van der Waals surface area contributed by atoms with Crippen LogP contribution in [0.3, 0.4) is 0 Å². The predicted octanol–water partition coefficient (Wildman–Crippen LogP) is 2.62. The zero-order valence-corrected chi connectivity index (χ0v) is 14.9. The van der Waals surface area contributed by atoms with Crippen molar-refractivity contribution in [2.24, 2.45) is 0 Å². The number of amides is 1. The molecule has 0 saturated carbocycles. The quantitative estimate of drug-likeness (QED) is 0.454. The Labute approximate surface area is 141 Å². The van der Waals surface area contributed by atoms with E-state index in [1.807, 2.05) is 32.9 Å². The first-order valence-corrected chi connectivity index (χ1v) is 8.58. The van der Waals surface area contributed by atoms with Gasteiger partial charge < -0.3 is 15.2 Å². The molecule has 128 valence electrons. The Kier molecular flexibility index (Phi) is 7.58. The molecule has 1 atom stereocenters. The Bertz CT molecular complexity index is 522. The van der Waals surface area contributed by atoms with Crippen LogP contribution < -0.4 is 5.32 Å². The number of esters is 1. The first-order chi connectivity index (χ1) is 10.7. The number of rotatable bonds is 7. The van der Waals surface area contributed by atoms with Crippen molar-refractivity contribution in [2.75, 3.05) is 12.4 Å². The van der Waals surface area contributed by atoms with E-state index in [0.717, 1.165) is 17.1 Å². The van der Waals surface area contributed by atoms with Crippen LogP contribution in [0.1, 0.15) is 44.5 Å². The van der Waals surface area contributed by atoms with Gasteiger partial charge in [0.05, 0.1) is 5.56 Å². The highest BCUT2D eigenvalue weighted by Crippen LogP contribution is 2.19. The molecule has 0 bridgehead atoms. The summed E-state index contributed by atoms with van der Waals surface area (Å²) in [5.41, 5.74) is 0.0393. The number of ether oxygens (including phenoxy) is 1. The lowest BCUT2D eigenvalue weighted by Crippen LogP contribution is -2.46. The van der Waals surface area contributed by atoms with Crippen LogP contribution in [0.25, 0.3) is 0 Å². The monoisotopic (exact) mass is 339 g/mol. The molecular formula is C17H25NO4S. The second-order valence-electron chi connectivity index (χ2n) is 6.24. The largest absolute Gasteiger partial charge is 0.449 e. The van der Waals surface area contributed by atoms with E-state index in [1.54, 1.807) is 30.8 Å². The summed E-state index contributed by atoms with van der Waals surface area (Å²) in [6.45, 7) is 7.33. The van der Waals surface area contributed by atoms with E-state index in [-0.39, 0.29) is 18.1 Å². The van der Waals surface area contributed by atoms with Crippen LogP contribution >= 0.6 is 11.8 Å². The van der Waals surface area contributed by atoms with Crippen molar-refractivity contribution in [3.05, 3.63) is 29.8 Å². The minimum Gasteiger partial charge on any atom is -0.449 e. The molecule has 0 aromatic heterocycles. The van der Waals surface area contributed by atoms with Gasteiger partial charge in [0, 0.05) is 22.8 Å². The summed E-state index contributed by atoms with van der Waals surface area (Å²) in [5, 5.41) is 11.5. The average Bonchev–Trinajstić information content (AvgIpc) is 2.46. The maximum absolute atomic E-state index is 12.1. The normalized spacial score (nSPS) is 12.6. The Morgan fingerprint density at radius 2 is 1.87 bits per heavy atom. The van der Waals surface area contributed by atoms with Crippen molar-refractivity contribution < 1.29 is 19.4 Å². The molecule has 0 heterocycles. The fourth-order valence-corrected chi connectivity index (χ4v) is 2.53. The number of aliphatic hydroxyl groups excluding tert-OH is 1. The molecule has 1 rings (SSSR count). The molecule has 0 aliphatic carbocycles. The smallest absolute Gasteiger partial charge is 0.338 e. The molecule has 0 saturated heterocycles. The maximum atomic E-state index is 12.1. The summed E-state index contributed by atoms with van der Waals surface area (Å²) in [6, 6.07) is 7.02. The van der Waals surface area contributed by atoms with Gasteiger partial charge in [0.25, 0.3) is 5.91 Å². The van der Waals surface area contributed by atoms with E-state index >= 15 is 0 Å². The van der Waals surface area contributed by atoms with Gasteiger partial charge in [0.15, 0.2) is 6.10 Å². The Hall–Kier alpha value is -1.53. The van der Waals surface area contributed by atoms with Gasteiger partial charge in [-0.1, -0.05) is 0 Å². The molecule has 0 spiro atoms. The van der Waals surface area contributed by atoms with Crippen LogP contribution in [0.2, 0.25) is 0 Å². The summed E-state index contributed by atoms with van der Waals surface area (Å²) in [7, 11) is 0. The van der Waals surface area contributed by atoms with Gasteiger partial charge in [-0.2, -0.15) is 0 Å². The Balaban J connectivity index is 2.55. The molecule has 23 heavy (non-hydrogen) atoms. The summed E-state index contributed by atoms with van der Waals surface area (Å²) in [5.74, 6) is -0.0138. The van der Waals surface area contributed by atoms with E-state index in [9.17, 15) is 9.59 Å². The van der Waals surface area contributed by atoms with Crippen molar-refractivity contribution >= 4 is 23.6 Å². The number of nitrogens with one attached hydrogen (secondary N) is 1. The van der Waals surface area contributed by atoms with Crippen LogP contribution in [0.15, 0.2) is 29.2 Å². The second-order valence-corrected chi connectivity index (χ2v) is 7.41. The number of thioether (sulfide) groups is 1. The minimum absolute atomic E-state index is 0.173. The molecule has 6 heteroatoms. The van der Waals surface area contributed by atoms with Crippen molar-refractivity contribution in [1.29, 1.82) is 0 Å². The number of carbonyl (C=O) groups is 2. The van der Waals surface area contributed by atoms with Gasteiger partial charge in [-0.15, -0.1) is 11.8 Å². The van der Waals surface area contributed by atoms with Crippen LogP contribution in [-0.2, 0) is 9.53 Å². The molecule has 0 radical (unpaired) electrons. The number of aliphatic hydroxyl groups is 1. The van der Waals surface area contributed by atoms with Gasteiger partial charge in [0.1, 0.15) is 0 Å². The van der Waals surface area contributed by atoms with E-state index in [2.05, 4.69) is 5.32 Å². The highest BCUT2D eigenvalue weighted by atomic mass is 32.2. The van der Waals surface area contributed by atoms with Gasteiger partial charge in [-0.05, 0) is 58.4 Å². The maximum Gasteiger partial charge on any atom is 0.338 e. The number of carbonyl (C=O) groups excluding carboxylic acids is 2. The lowest BCUT2D eigenvalue weighted by molar-refractivity contribution is -0.130. The summed E-state index contributed by atoms with van der Waals surface area (Å²) >= 11 is 1.61. The third-order valence-corrected chi connectivity index (χ3v) is 3.91. The van der Waals surface area contributed by atoms with E-state index in [1.165, 1.54) is 0 Å². The van der Waals surface area contributed by atoms with Gasteiger partial charge in [-0.3, -0.25) is 4.79 Å². The first-order valence-electron chi connectivity index (χ1n) is 7.59. The fourth-order valence-electron chi connectivity index (χ4n) is 1.70. The van der Waals surface area contributed by atoms with E-state index in [0.29, 0.717) is 5.56 Å². The molecule has 5 nitrogen and oxygen atoms in total. The lowest BCUT2D eigenvalue weighted by Gasteiger charge is -2.23. The second kappa shape index (κ2) is 8.93. The Morgan fingerprint density at radius 3 is 2.39 bits per heavy atom. The zero-order chi connectivity index (χ0) is 17.5. The number of hydrogen-bond donors (Lipinski definition) is 2. The molecule has 0 aliphatic heterocycles. The SMILES string of the molecule is C[C@@H](OC(=O)c1ccc(SCCCO)cc1)C(=O)NC(C)(C)C. The number of hydrogen-bond acceptors (Lipinski definition) is 5. The van der Waals surface area contributed by atoms with Crippen LogP contribution in [0.4, 0.5) is 0 Å². The van der Waals surface area contributed by atoms with Crippen LogP contribution in [0, 0.1) is 0 Å². The molecule has 1 aromatic carbocycles. The van der Waals surface area contributed by atoms with Crippen molar-refractivity contribution in [3.63, 3.8) is 0 Å². The topological polar surface area (TPSA) is 75.6 Å². The highest BCUT2D eigenvalue weighted by Gasteiger charge is 2.22. The van der Waals surface area contributed by atoms with Gasteiger partial charge >= 0.3 is 5.97 Å². The molecule has 0 unspecified atom stereocenters. The molecule has 0 fully saturated rings. The van der Waals surface area contributed by atoms with E-state index < -0.39 is 12.1 Å².